The molecule has 1 heterocycles. The van der Waals surface area contributed by atoms with Gasteiger partial charge in [-0.15, -0.1) is 0 Å². The number of carbonyl (C=O) groups is 1. The molecule has 4 aromatic rings. The maximum Gasteiger partial charge on any atom is 0.358 e. The summed E-state index contributed by atoms with van der Waals surface area (Å²) >= 11 is 0. The van der Waals surface area contributed by atoms with Crippen LogP contribution < -0.4 is 0 Å². The van der Waals surface area contributed by atoms with Crippen molar-refractivity contribution in [2.45, 2.75) is 13.8 Å². The van der Waals surface area contributed by atoms with Crippen LogP contribution in [0.25, 0.3) is 28.1 Å². The maximum absolute atomic E-state index is 12.3. The number of nitrogens with zero attached hydrogens (tertiary/aromatic N) is 2. The number of aryl methyl sites for hydroxylation is 1. The predicted octanol–water partition coefficient (Wildman–Crippen LogP) is 5.69. The molecule has 0 bridgehead atoms. The molecule has 29 heavy (non-hydrogen) atoms. The van der Waals surface area contributed by atoms with Gasteiger partial charge in [0.1, 0.15) is 0 Å². The first-order valence-electron chi connectivity index (χ1n) is 9.66. The Labute approximate surface area is 170 Å². The zero-order valence-corrected chi connectivity index (χ0v) is 16.5. The normalized spacial score (nSPS) is 10.7. The molecule has 4 nitrogen and oxygen atoms in total. The molecule has 0 N–H and O–H groups in total. The molecule has 0 unspecified atom stereocenters. The van der Waals surface area contributed by atoms with E-state index >= 15 is 0 Å². The average Bonchev–Trinajstić information content (AvgIpc) is 3.20. The summed E-state index contributed by atoms with van der Waals surface area (Å²) in [4.78, 5) is 12.3. The molecule has 0 spiro atoms. The van der Waals surface area contributed by atoms with Crippen LogP contribution in [-0.2, 0) is 4.74 Å². The summed E-state index contributed by atoms with van der Waals surface area (Å²) in [6.07, 6.45) is 0. The Balaban J connectivity index is 1.80. The number of aromatic nitrogens is 2. The monoisotopic (exact) mass is 382 g/mol. The molecule has 4 rings (SSSR count). The summed E-state index contributed by atoms with van der Waals surface area (Å²) < 4.78 is 6.98. The van der Waals surface area contributed by atoms with E-state index in [1.165, 1.54) is 5.56 Å². The van der Waals surface area contributed by atoms with Crippen molar-refractivity contribution in [2.24, 2.45) is 0 Å². The van der Waals surface area contributed by atoms with E-state index in [9.17, 15) is 4.79 Å². The van der Waals surface area contributed by atoms with Crippen LogP contribution in [0.3, 0.4) is 0 Å². The van der Waals surface area contributed by atoms with Crippen molar-refractivity contribution in [3.05, 3.63) is 96.2 Å². The van der Waals surface area contributed by atoms with E-state index in [1.54, 1.807) is 13.0 Å². The van der Waals surface area contributed by atoms with Crippen LogP contribution >= 0.6 is 0 Å². The van der Waals surface area contributed by atoms with E-state index < -0.39 is 5.97 Å². The Morgan fingerprint density at radius 2 is 1.48 bits per heavy atom. The minimum absolute atomic E-state index is 0.303. The van der Waals surface area contributed by atoms with Gasteiger partial charge in [0, 0.05) is 5.56 Å². The second-order valence-corrected chi connectivity index (χ2v) is 6.78. The Bertz CT molecular complexity index is 1130. The minimum Gasteiger partial charge on any atom is -0.461 e. The van der Waals surface area contributed by atoms with Gasteiger partial charge in [0.2, 0.25) is 0 Å². The van der Waals surface area contributed by atoms with Crippen molar-refractivity contribution < 1.29 is 9.53 Å². The van der Waals surface area contributed by atoms with Crippen LogP contribution in [0.5, 0.6) is 0 Å². The van der Waals surface area contributed by atoms with E-state index in [1.807, 2.05) is 54.1 Å². The molecule has 0 aliphatic carbocycles. The van der Waals surface area contributed by atoms with Crippen LogP contribution in [0, 0.1) is 6.92 Å². The lowest BCUT2D eigenvalue weighted by Crippen LogP contribution is -2.07. The van der Waals surface area contributed by atoms with Crippen molar-refractivity contribution in [3.8, 4) is 28.1 Å². The lowest BCUT2D eigenvalue weighted by Gasteiger charge is -2.11. The van der Waals surface area contributed by atoms with E-state index in [0.29, 0.717) is 12.3 Å². The highest BCUT2D eigenvalue weighted by molar-refractivity contribution is 5.89. The predicted molar refractivity (Wildman–Crippen MR) is 115 cm³/mol. The molecule has 1 aromatic heterocycles. The van der Waals surface area contributed by atoms with E-state index in [2.05, 4.69) is 41.5 Å². The minimum atomic E-state index is -0.415. The molecule has 4 heteroatoms. The fourth-order valence-corrected chi connectivity index (χ4v) is 3.34. The van der Waals surface area contributed by atoms with Gasteiger partial charge in [0.25, 0.3) is 0 Å². The molecule has 0 radical (unpaired) electrons. The van der Waals surface area contributed by atoms with Crippen LogP contribution in [0.15, 0.2) is 84.9 Å². The van der Waals surface area contributed by atoms with E-state index in [4.69, 9.17) is 4.74 Å². The first-order chi connectivity index (χ1) is 14.2. The van der Waals surface area contributed by atoms with Crippen molar-refractivity contribution in [2.75, 3.05) is 6.61 Å². The Morgan fingerprint density at radius 3 is 2.17 bits per heavy atom. The van der Waals surface area contributed by atoms with Gasteiger partial charge in [-0.1, -0.05) is 72.8 Å². The van der Waals surface area contributed by atoms with Gasteiger partial charge in [-0.05, 0) is 42.7 Å². The molecule has 3 aromatic carbocycles. The second kappa shape index (κ2) is 8.15. The Hall–Kier alpha value is -3.66. The Kier molecular flexibility index (Phi) is 5.25. The molecule has 0 amide bonds. The third kappa shape index (κ3) is 3.83. The molecule has 0 saturated heterocycles. The molecule has 0 saturated carbocycles. The molecule has 0 aliphatic heterocycles. The number of para-hydroxylation sites is 1. The van der Waals surface area contributed by atoms with Crippen molar-refractivity contribution >= 4 is 5.97 Å². The highest BCUT2D eigenvalue weighted by Gasteiger charge is 2.18. The lowest BCUT2D eigenvalue weighted by molar-refractivity contribution is 0.0519. The Morgan fingerprint density at radius 1 is 0.862 bits per heavy atom. The highest BCUT2D eigenvalue weighted by atomic mass is 16.5. The molecule has 0 atom stereocenters. The number of hydrogen-bond donors (Lipinski definition) is 0. The fourth-order valence-electron chi connectivity index (χ4n) is 3.34. The molecule has 144 valence electrons. The summed E-state index contributed by atoms with van der Waals surface area (Å²) in [5.74, 6) is -0.415. The van der Waals surface area contributed by atoms with E-state index in [-0.39, 0.29) is 0 Å². The second-order valence-electron chi connectivity index (χ2n) is 6.78. The van der Waals surface area contributed by atoms with Crippen molar-refractivity contribution in [1.82, 2.24) is 9.78 Å². The molecular weight excluding hydrogens is 360 g/mol. The van der Waals surface area contributed by atoms with Crippen LogP contribution in [0.1, 0.15) is 23.0 Å². The van der Waals surface area contributed by atoms with Gasteiger partial charge in [-0.25, -0.2) is 9.48 Å². The SMILES string of the molecule is CCOC(=O)c1cc(-c2ccc(-c3ccccc3)cc2)n(-c2ccccc2C)n1. The number of ether oxygens (including phenoxy) is 1. The number of rotatable bonds is 5. The van der Waals surface area contributed by atoms with Gasteiger partial charge in [-0.3, -0.25) is 0 Å². The average molecular weight is 382 g/mol. The number of benzene rings is 3. The first-order valence-corrected chi connectivity index (χ1v) is 9.66. The molecular formula is C25H22N2O2. The largest absolute Gasteiger partial charge is 0.461 e. The highest BCUT2D eigenvalue weighted by Crippen LogP contribution is 2.28. The number of hydrogen-bond acceptors (Lipinski definition) is 3. The zero-order valence-electron chi connectivity index (χ0n) is 16.5. The van der Waals surface area contributed by atoms with Gasteiger partial charge < -0.3 is 4.74 Å². The third-order valence-corrected chi connectivity index (χ3v) is 4.83. The van der Waals surface area contributed by atoms with Crippen LogP contribution in [0.4, 0.5) is 0 Å². The van der Waals surface area contributed by atoms with Crippen LogP contribution in [0.2, 0.25) is 0 Å². The number of carbonyl (C=O) groups excluding carboxylic acids is 1. The summed E-state index contributed by atoms with van der Waals surface area (Å²) in [5, 5.41) is 4.56. The van der Waals surface area contributed by atoms with Gasteiger partial charge in [-0.2, -0.15) is 5.10 Å². The summed E-state index contributed by atoms with van der Waals surface area (Å²) in [5.41, 5.74) is 6.45. The molecule has 0 fully saturated rings. The van der Waals surface area contributed by atoms with E-state index in [0.717, 1.165) is 28.1 Å². The fraction of sp³-hybridized carbons (Fsp3) is 0.120. The third-order valence-electron chi connectivity index (χ3n) is 4.83. The summed E-state index contributed by atoms with van der Waals surface area (Å²) in [6, 6.07) is 28.3. The van der Waals surface area contributed by atoms with Crippen molar-refractivity contribution in [1.29, 1.82) is 0 Å². The quantitative estimate of drug-likeness (QED) is 0.416. The van der Waals surface area contributed by atoms with Gasteiger partial charge >= 0.3 is 5.97 Å². The molecule has 0 aliphatic rings. The van der Waals surface area contributed by atoms with Crippen molar-refractivity contribution in [3.63, 3.8) is 0 Å². The van der Waals surface area contributed by atoms with Gasteiger partial charge in [0.15, 0.2) is 5.69 Å². The first kappa shape index (κ1) is 18.7. The summed E-state index contributed by atoms with van der Waals surface area (Å²) in [6.45, 7) is 4.14. The van der Waals surface area contributed by atoms with Gasteiger partial charge in [0.05, 0.1) is 18.0 Å². The zero-order chi connectivity index (χ0) is 20.2. The summed E-state index contributed by atoms with van der Waals surface area (Å²) in [7, 11) is 0. The lowest BCUT2D eigenvalue weighted by atomic mass is 10.0. The number of esters is 1. The maximum atomic E-state index is 12.3. The topological polar surface area (TPSA) is 44.1 Å². The smallest absolute Gasteiger partial charge is 0.358 e. The van der Waals surface area contributed by atoms with Crippen LogP contribution in [-0.4, -0.2) is 22.4 Å². The standard InChI is InChI=1S/C25H22N2O2/c1-3-29-25(28)22-17-24(27(26-22)23-12-8-7-9-18(23)2)21-15-13-20(14-16-21)19-10-5-4-6-11-19/h4-17H,3H2,1-2H3.